The van der Waals surface area contributed by atoms with E-state index in [0.717, 1.165) is 31.7 Å². The van der Waals surface area contributed by atoms with Crippen LogP contribution < -0.4 is 4.90 Å². The standard InChI is InChI=1S/C23H27N5O4/c1-17-8-10-26(11-9-17)23(30)19-4-7-21(24-16-19)25-12-14-27(15-13-25)22(29)18-2-5-20(6-3-18)28(31)32/h2-7,16-17H,8-15H2,1H3. The lowest BCUT2D eigenvalue weighted by Gasteiger charge is -2.35. The molecule has 2 aliphatic rings. The maximum atomic E-state index is 12.7. The first kappa shape index (κ1) is 21.7. The fraction of sp³-hybridized carbons (Fsp3) is 0.435. The van der Waals surface area contributed by atoms with E-state index in [4.69, 9.17) is 0 Å². The summed E-state index contributed by atoms with van der Waals surface area (Å²) in [6, 6.07) is 9.38. The number of benzene rings is 1. The zero-order chi connectivity index (χ0) is 22.7. The van der Waals surface area contributed by atoms with E-state index in [9.17, 15) is 19.7 Å². The molecule has 168 valence electrons. The molecule has 0 radical (unpaired) electrons. The van der Waals surface area contributed by atoms with Crippen molar-refractivity contribution in [3.05, 3.63) is 63.8 Å². The van der Waals surface area contributed by atoms with Gasteiger partial charge in [0.15, 0.2) is 0 Å². The lowest BCUT2D eigenvalue weighted by atomic mass is 9.99. The van der Waals surface area contributed by atoms with Crippen molar-refractivity contribution in [1.82, 2.24) is 14.8 Å². The third-order valence-electron chi connectivity index (χ3n) is 6.28. The molecule has 2 amide bonds. The van der Waals surface area contributed by atoms with Crippen molar-refractivity contribution in [3.8, 4) is 0 Å². The number of anilines is 1. The molecule has 0 spiro atoms. The Morgan fingerprint density at radius 2 is 1.44 bits per heavy atom. The van der Waals surface area contributed by atoms with Gasteiger partial charge in [-0.15, -0.1) is 0 Å². The first-order valence-corrected chi connectivity index (χ1v) is 11.0. The third kappa shape index (κ3) is 4.71. The number of hydrogen-bond acceptors (Lipinski definition) is 6. The molecule has 32 heavy (non-hydrogen) atoms. The molecule has 0 saturated carbocycles. The largest absolute Gasteiger partial charge is 0.353 e. The minimum Gasteiger partial charge on any atom is -0.353 e. The number of nitro groups is 1. The van der Waals surface area contributed by atoms with Gasteiger partial charge >= 0.3 is 0 Å². The van der Waals surface area contributed by atoms with Crippen molar-refractivity contribution in [2.75, 3.05) is 44.2 Å². The van der Waals surface area contributed by atoms with Crippen LogP contribution in [0.25, 0.3) is 0 Å². The van der Waals surface area contributed by atoms with Crippen LogP contribution in [0.2, 0.25) is 0 Å². The van der Waals surface area contributed by atoms with Gasteiger partial charge in [0.1, 0.15) is 5.82 Å². The summed E-state index contributed by atoms with van der Waals surface area (Å²) in [6.07, 6.45) is 3.73. The first-order valence-electron chi connectivity index (χ1n) is 11.0. The lowest BCUT2D eigenvalue weighted by molar-refractivity contribution is -0.384. The van der Waals surface area contributed by atoms with Crippen LogP contribution in [0.15, 0.2) is 42.6 Å². The van der Waals surface area contributed by atoms with E-state index in [1.165, 1.54) is 24.3 Å². The molecule has 2 aliphatic heterocycles. The molecular weight excluding hydrogens is 410 g/mol. The third-order valence-corrected chi connectivity index (χ3v) is 6.28. The topological polar surface area (TPSA) is 99.9 Å². The van der Waals surface area contributed by atoms with Gasteiger partial charge in [0, 0.05) is 63.2 Å². The number of carbonyl (C=O) groups excluding carboxylic acids is 2. The van der Waals surface area contributed by atoms with Gasteiger partial charge < -0.3 is 14.7 Å². The predicted molar refractivity (Wildman–Crippen MR) is 120 cm³/mol. The SMILES string of the molecule is CC1CCN(C(=O)c2ccc(N3CCN(C(=O)c4ccc([N+](=O)[O-])cc4)CC3)nc2)CC1. The Balaban J connectivity index is 1.32. The molecule has 9 heteroatoms. The Labute approximate surface area is 186 Å². The fourth-order valence-electron chi connectivity index (χ4n) is 4.14. The highest BCUT2D eigenvalue weighted by Crippen LogP contribution is 2.20. The lowest BCUT2D eigenvalue weighted by Crippen LogP contribution is -2.49. The molecule has 0 unspecified atom stereocenters. The smallest absolute Gasteiger partial charge is 0.269 e. The predicted octanol–water partition coefficient (Wildman–Crippen LogP) is 2.82. The number of carbonyl (C=O) groups is 2. The highest BCUT2D eigenvalue weighted by Gasteiger charge is 2.25. The summed E-state index contributed by atoms with van der Waals surface area (Å²) in [4.78, 5) is 45.9. The molecule has 2 fully saturated rings. The number of piperazine rings is 1. The Kier molecular flexibility index (Phi) is 6.34. The molecular formula is C23H27N5O4. The number of hydrogen-bond donors (Lipinski definition) is 0. The van der Waals surface area contributed by atoms with Gasteiger partial charge in [-0.3, -0.25) is 19.7 Å². The summed E-state index contributed by atoms with van der Waals surface area (Å²) in [7, 11) is 0. The van der Waals surface area contributed by atoms with Crippen LogP contribution in [-0.4, -0.2) is 70.8 Å². The van der Waals surface area contributed by atoms with Crippen LogP contribution in [0.3, 0.4) is 0 Å². The van der Waals surface area contributed by atoms with Crippen LogP contribution in [0.4, 0.5) is 11.5 Å². The second-order valence-corrected chi connectivity index (χ2v) is 8.46. The number of nitro benzene ring substituents is 1. The van der Waals surface area contributed by atoms with Crippen molar-refractivity contribution in [1.29, 1.82) is 0 Å². The van der Waals surface area contributed by atoms with Crippen molar-refractivity contribution in [3.63, 3.8) is 0 Å². The first-order chi connectivity index (χ1) is 15.4. The molecule has 0 bridgehead atoms. The van der Waals surface area contributed by atoms with E-state index in [1.54, 1.807) is 11.1 Å². The molecule has 0 aliphatic carbocycles. The zero-order valence-corrected chi connectivity index (χ0v) is 18.1. The Morgan fingerprint density at radius 1 is 0.875 bits per heavy atom. The summed E-state index contributed by atoms with van der Waals surface area (Å²) < 4.78 is 0. The van der Waals surface area contributed by atoms with Crippen molar-refractivity contribution in [2.24, 2.45) is 5.92 Å². The highest BCUT2D eigenvalue weighted by molar-refractivity contribution is 5.95. The van der Waals surface area contributed by atoms with Crippen molar-refractivity contribution < 1.29 is 14.5 Å². The van der Waals surface area contributed by atoms with Crippen LogP contribution >= 0.6 is 0 Å². The number of non-ortho nitro benzene ring substituents is 1. The number of likely N-dealkylation sites (tertiary alicyclic amines) is 1. The molecule has 9 nitrogen and oxygen atoms in total. The average molecular weight is 438 g/mol. The fourth-order valence-corrected chi connectivity index (χ4v) is 4.14. The van der Waals surface area contributed by atoms with Gasteiger partial charge in [-0.05, 0) is 43.0 Å². The molecule has 4 rings (SSSR count). The maximum absolute atomic E-state index is 12.7. The number of amides is 2. The second kappa shape index (κ2) is 9.33. The molecule has 3 heterocycles. The highest BCUT2D eigenvalue weighted by atomic mass is 16.6. The summed E-state index contributed by atoms with van der Waals surface area (Å²) in [5, 5.41) is 10.8. The van der Waals surface area contributed by atoms with Crippen LogP contribution in [0.5, 0.6) is 0 Å². The Bertz CT molecular complexity index is 976. The summed E-state index contributed by atoms with van der Waals surface area (Å²) in [5.41, 5.74) is 1.02. The van der Waals surface area contributed by atoms with Gasteiger partial charge in [-0.1, -0.05) is 6.92 Å². The van der Waals surface area contributed by atoms with Gasteiger partial charge in [-0.2, -0.15) is 0 Å². The molecule has 2 aromatic rings. The summed E-state index contributed by atoms with van der Waals surface area (Å²) in [6.45, 7) is 6.14. The van der Waals surface area contributed by atoms with Crippen LogP contribution in [0, 0.1) is 16.0 Å². The minimum atomic E-state index is -0.480. The van der Waals surface area contributed by atoms with E-state index < -0.39 is 4.92 Å². The van der Waals surface area contributed by atoms with E-state index >= 15 is 0 Å². The molecule has 1 aromatic heterocycles. The van der Waals surface area contributed by atoms with Gasteiger partial charge in [0.2, 0.25) is 0 Å². The number of pyridine rings is 1. The van der Waals surface area contributed by atoms with Crippen molar-refractivity contribution >= 4 is 23.3 Å². The quantitative estimate of drug-likeness (QED) is 0.539. The van der Waals surface area contributed by atoms with Gasteiger partial charge in [-0.25, -0.2) is 4.98 Å². The van der Waals surface area contributed by atoms with E-state index in [1.807, 2.05) is 17.0 Å². The Morgan fingerprint density at radius 3 is 2.00 bits per heavy atom. The number of aromatic nitrogens is 1. The number of piperidine rings is 1. The molecule has 1 aromatic carbocycles. The summed E-state index contributed by atoms with van der Waals surface area (Å²) in [5.74, 6) is 1.36. The molecule has 2 saturated heterocycles. The van der Waals surface area contributed by atoms with Gasteiger partial charge in [0.05, 0.1) is 10.5 Å². The Hall–Kier alpha value is -3.49. The van der Waals surface area contributed by atoms with E-state index in [2.05, 4.69) is 16.8 Å². The normalized spacial score (nSPS) is 17.3. The van der Waals surface area contributed by atoms with E-state index in [0.29, 0.717) is 43.2 Å². The molecule has 0 atom stereocenters. The summed E-state index contributed by atoms with van der Waals surface area (Å²) >= 11 is 0. The van der Waals surface area contributed by atoms with Crippen LogP contribution in [-0.2, 0) is 0 Å². The zero-order valence-electron chi connectivity index (χ0n) is 18.1. The maximum Gasteiger partial charge on any atom is 0.269 e. The van der Waals surface area contributed by atoms with E-state index in [-0.39, 0.29) is 17.5 Å². The average Bonchev–Trinajstić information content (AvgIpc) is 2.84. The minimum absolute atomic E-state index is 0.0331. The monoisotopic (exact) mass is 437 g/mol. The van der Waals surface area contributed by atoms with Gasteiger partial charge in [0.25, 0.3) is 17.5 Å². The molecule has 0 N–H and O–H groups in total. The number of rotatable bonds is 4. The van der Waals surface area contributed by atoms with Crippen molar-refractivity contribution in [2.45, 2.75) is 19.8 Å². The number of nitrogens with zero attached hydrogens (tertiary/aromatic N) is 5. The second-order valence-electron chi connectivity index (χ2n) is 8.46. The van der Waals surface area contributed by atoms with Crippen LogP contribution in [0.1, 0.15) is 40.5 Å².